The van der Waals surface area contributed by atoms with Gasteiger partial charge in [-0.05, 0) is 23.1 Å². The zero-order valence-corrected chi connectivity index (χ0v) is 9.13. The molecule has 1 aromatic carbocycles. The van der Waals surface area contributed by atoms with Crippen LogP contribution in [0.4, 0.5) is 0 Å². The van der Waals surface area contributed by atoms with E-state index in [2.05, 4.69) is 18.7 Å². The lowest BCUT2D eigenvalue weighted by Crippen LogP contribution is -1.96. The van der Waals surface area contributed by atoms with E-state index in [9.17, 15) is 0 Å². The van der Waals surface area contributed by atoms with E-state index >= 15 is 0 Å². The summed E-state index contributed by atoms with van der Waals surface area (Å²) in [6.07, 6.45) is 1.09. The Bertz CT molecular complexity index is 246. The number of benzene rings is 1. The summed E-state index contributed by atoms with van der Waals surface area (Å²) >= 11 is 1.74. The Morgan fingerprint density at radius 3 is 2.79 bits per heavy atom. The van der Waals surface area contributed by atoms with Crippen LogP contribution >= 0.6 is 11.8 Å². The van der Waals surface area contributed by atoms with Gasteiger partial charge in [0.1, 0.15) is 0 Å². The molecule has 0 aliphatic carbocycles. The molecule has 0 unspecified atom stereocenters. The van der Waals surface area contributed by atoms with Crippen LogP contribution in [-0.2, 0) is 11.3 Å². The summed E-state index contributed by atoms with van der Waals surface area (Å²) in [5.41, 5.74) is 1.24. The van der Waals surface area contributed by atoms with Gasteiger partial charge in [-0.1, -0.05) is 36.9 Å². The molecule has 0 saturated carbocycles. The van der Waals surface area contributed by atoms with Crippen LogP contribution in [0, 0.1) is 0 Å². The van der Waals surface area contributed by atoms with Crippen molar-refractivity contribution in [3.8, 4) is 0 Å². The molecule has 0 atom stereocenters. The van der Waals surface area contributed by atoms with Crippen LogP contribution in [0.25, 0.3) is 0 Å². The highest BCUT2D eigenvalue weighted by atomic mass is 32.2. The van der Waals surface area contributed by atoms with Gasteiger partial charge in [0.05, 0.1) is 6.61 Å². The molecule has 0 N–H and O–H groups in total. The second-order valence-electron chi connectivity index (χ2n) is 2.93. The van der Waals surface area contributed by atoms with Crippen molar-refractivity contribution in [1.29, 1.82) is 0 Å². The predicted molar refractivity (Wildman–Crippen MR) is 63.4 cm³/mol. The molecule has 1 aromatic rings. The molecule has 14 heavy (non-hydrogen) atoms. The largest absolute Gasteiger partial charge is 0.377 e. The van der Waals surface area contributed by atoms with Gasteiger partial charge in [-0.15, -0.1) is 11.8 Å². The standard InChI is InChI=1S/C12H16OS/c1-2-14-10-6-9-13-11-12-7-4-3-5-8-12/h2-5,7-8H,1,6,9-11H2. The summed E-state index contributed by atoms with van der Waals surface area (Å²) in [7, 11) is 0. The molecule has 0 saturated heterocycles. The first-order valence-corrected chi connectivity index (χ1v) is 5.82. The molecule has 1 nitrogen and oxygen atoms in total. The van der Waals surface area contributed by atoms with Crippen LogP contribution in [0.15, 0.2) is 42.3 Å². The zero-order valence-electron chi connectivity index (χ0n) is 8.32. The van der Waals surface area contributed by atoms with Crippen molar-refractivity contribution in [1.82, 2.24) is 0 Å². The van der Waals surface area contributed by atoms with Gasteiger partial charge in [0.15, 0.2) is 0 Å². The third-order valence-electron chi connectivity index (χ3n) is 1.78. The third kappa shape index (κ3) is 5.10. The Labute approximate surface area is 90.2 Å². The molecular formula is C12H16OS. The number of ether oxygens (including phenoxy) is 1. The van der Waals surface area contributed by atoms with Crippen LogP contribution in [0.3, 0.4) is 0 Å². The number of hydrogen-bond acceptors (Lipinski definition) is 2. The van der Waals surface area contributed by atoms with E-state index in [1.165, 1.54) is 5.56 Å². The van der Waals surface area contributed by atoms with E-state index in [0.29, 0.717) is 0 Å². The van der Waals surface area contributed by atoms with Gasteiger partial charge in [0.2, 0.25) is 0 Å². The van der Waals surface area contributed by atoms with Crippen LogP contribution in [0.2, 0.25) is 0 Å². The monoisotopic (exact) mass is 208 g/mol. The molecule has 76 valence electrons. The maximum atomic E-state index is 5.52. The summed E-state index contributed by atoms with van der Waals surface area (Å²) in [6.45, 7) is 5.20. The van der Waals surface area contributed by atoms with Crippen molar-refractivity contribution in [2.45, 2.75) is 13.0 Å². The highest BCUT2D eigenvalue weighted by Crippen LogP contribution is 2.04. The summed E-state index contributed by atoms with van der Waals surface area (Å²) < 4.78 is 5.52. The van der Waals surface area contributed by atoms with Gasteiger partial charge in [0.25, 0.3) is 0 Å². The Morgan fingerprint density at radius 1 is 1.29 bits per heavy atom. The van der Waals surface area contributed by atoms with Crippen LogP contribution in [-0.4, -0.2) is 12.4 Å². The highest BCUT2D eigenvalue weighted by Gasteiger charge is 1.91. The van der Waals surface area contributed by atoms with Crippen molar-refractivity contribution >= 4 is 11.8 Å². The van der Waals surface area contributed by atoms with Crippen molar-refractivity contribution in [3.63, 3.8) is 0 Å². The van der Waals surface area contributed by atoms with E-state index in [1.54, 1.807) is 11.8 Å². The molecule has 0 bridgehead atoms. The normalized spacial score (nSPS) is 10.0. The van der Waals surface area contributed by atoms with Gasteiger partial charge in [-0.2, -0.15) is 0 Å². The molecular weight excluding hydrogens is 192 g/mol. The average Bonchev–Trinajstić information content (AvgIpc) is 2.25. The van der Waals surface area contributed by atoms with Crippen LogP contribution in [0.1, 0.15) is 12.0 Å². The molecule has 0 amide bonds. The zero-order chi connectivity index (χ0) is 10.1. The molecule has 0 fully saturated rings. The minimum absolute atomic E-state index is 0.722. The molecule has 0 heterocycles. The quantitative estimate of drug-likeness (QED) is 0.634. The maximum Gasteiger partial charge on any atom is 0.0716 e. The molecule has 0 radical (unpaired) electrons. The van der Waals surface area contributed by atoms with E-state index in [4.69, 9.17) is 4.74 Å². The average molecular weight is 208 g/mol. The van der Waals surface area contributed by atoms with Gasteiger partial charge in [0, 0.05) is 6.61 Å². The summed E-state index contributed by atoms with van der Waals surface area (Å²) in [4.78, 5) is 0. The summed E-state index contributed by atoms with van der Waals surface area (Å²) in [5, 5.41) is 1.87. The minimum Gasteiger partial charge on any atom is -0.377 e. The van der Waals surface area contributed by atoms with E-state index < -0.39 is 0 Å². The molecule has 0 aliphatic heterocycles. The van der Waals surface area contributed by atoms with Crippen LogP contribution < -0.4 is 0 Å². The Kier molecular flexibility index (Phi) is 6.20. The highest BCUT2D eigenvalue weighted by molar-refractivity contribution is 8.02. The van der Waals surface area contributed by atoms with Crippen molar-refractivity contribution < 1.29 is 4.74 Å². The molecule has 2 heteroatoms. The van der Waals surface area contributed by atoms with Gasteiger partial charge in [-0.25, -0.2) is 0 Å². The van der Waals surface area contributed by atoms with Crippen molar-refractivity contribution in [2.24, 2.45) is 0 Å². The number of rotatable bonds is 7. The SMILES string of the molecule is C=CSCCCOCc1ccccc1. The summed E-state index contributed by atoms with van der Waals surface area (Å²) in [6, 6.07) is 10.2. The van der Waals surface area contributed by atoms with Gasteiger partial charge in [-0.3, -0.25) is 0 Å². The number of thioether (sulfide) groups is 1. The van der Waals surface area contributed by atoms with Crippen molar-refractivity contribution in [3.05, 3.63) is 47.9 Å². The van der Waals surface area contributed by atoms with Gasteiger partial charge >= 0.3 is 0 Å². The maximum absolute atomic E-state index is 5.52. The molecule has 0 aromatic heterocycles. The first-order valence-electron chi connectivity index (χ1n) is 4.77. The first-order chi connectivity index (χ1) is 6.93. The Balaban J connectivity index is 2.02. The second-order valence-corrected chi connectivity index (χ2v) is 4.00. The Morgan fingerprint density at radius 2 is 2.07 bits per heavy atom. The minimum atomic E-state index is 0.722. The molecule has 0 spiro atoms. The fraction of sp³-hybridized carbons (Fsp3) is 0.333. The predicted octanol–water partition coefficient (Wildman–Crippen LogP) is 3.47. The third-order valence-corrected chi connectivity index (χ3v) is 2.54. The first kappa shape index (κ1) is 11.3. The van der Waals surface area contributed by atoms with E-state index in [1.807, 2.05) is 23.6 Å². The smallest absolute Gasteiger partial charge is 0.0716 e. The Hall–Kier alpha value is -0.730. The second kappa shape index (κ2) is 7.65. The van der Waals surface area contributed by atoms with E-state index in [-0.39, 0.29) is 0 Å². The number of hydrogen-bond donors (Lipinski definition) is 0. The lowest BCUT2D eigenvalue weighted by molar-refractivity contribution is 0.122. The lowest BCUT2D eigenvalue weighted by atomic mass is 10.2. The fourth-order valence-electron chi connectivity index (χ4n) is 1.09. The van der Waals surface area contributed by atoms with E-state index in [0.717, 1.165) is 25.4 Å². The topological polar surface area (TPSA) is 9.23 Å². The molecule has 0 aliphatic rings. The molecule has 1 rings (SSSR count). The van der Waals surface area contributed by atoms with Crippen molar-refractivity contribution in [2.75, 3.05) is 12.4 Å². The van der Waals surface area contributed by atoms with Gasteiger partial charge < -0.3 is 4.74 Å². The van der Waals surface area contributed by atoms with Crippen LogP contribution in [0.5, 0.6) is 0 Å². The lowest BCUT2D eigenvalue weighted by Gasteiger charge is -2.03. The summed E-state index contributed by atoms with van der Waals surface area (Å²) in [5.74, 6) is 1.10. The fourth-order valence-corrected chi connectivity index (χ4v) is 1.54.